The number of nitro benzene ring substituents is 1. The standard InChI is InChI=1S/C16H24N2O3/c1-13-6-9-16(19,10-7-13)12-17-11-8-14-4-2-3-5-15(14)18(20)21/h2-5,13,17,19H,6-12H2,1H3. The molecule has 1 aliphatic carbocycles. The zero-order valence-corrected chi connectivity index (χ0v) is 12.5. The number of nitrogens with one attached hydrogen (secondary N) is 1. The number of para-hydroxylation sites is 1. The zero-order chi connectivity index (χ0) is 15.3. The second kappa shape index (κ2) is 7.00. The Morgan fingerprint density at radius 1 is 1.38 bits per heavy atom. The van der Waals surface area contributed by atoms with Gasteiger partial charge in [-0.2, -0.15) is 0 Å². The number of aliphatic hydroxyl groups is 1. The van der Waals surface area contributed by atoms with Gasteiger partial charge in [-0.05, 0) is 44.6 Å². The highest BCUT2D eigenvalue weighted by Gasteiger charge is 2.31. The Hall–Kier alpha value is -1.46. The molecule has 1 aromatic carbocycles. The third-order valence-corrected chi connectivity index (χ3v) is 4.42. The number of nitro groups is 1. The molecule has 0 aromatic heterocycles. The fraction of sp³-hybridized carbons (Fsp3) is 0.625. The van der Waals surface area contributed by atoms with Crippen molar-refractivity contribution in [2.45, 2.75) is 44.6 Å². The maximum Gasteiger partial charge on any atom is 0.272 e. The van der Waals surface area contributed by atoms with E-state index < -0.39 is 5.60 Å². The molecule has 0 spiro atoms. The molecule has 0 amide bonds. The van der Waals surface area contributed by atoms with Gasteiger partial charge in [0.25, 0.3) is 5.69 Å². The van der Waals surface area contributed by atoms with Gasteiger partial charge in [0.1, 0.15) is 0 Å². The molecule has 1 fully saturated rings. The van der Waals surface area contributed by atoms with Gasteiger partial charge in [-0.1, -0.05) is 25.1 Å². The maximum atomic E-state index is 10.9. The van der Waals surface area contributed by atoms with E-state index >= 15 is 0 Å². The molecule has 5 heteroatoms. The van der Waals surface area contributed by atoms with Crippen molar-refractivity contribution >= 4 is 5.69 Å². The monoisotopic (exact) mass is 292 g/mol. The van der Waals surface area contributed by atoms with Crippen molar-refractivity contribution < 1.29 is 10.0 Å². The number of nitrogens with zero attached hydrogens (tertiary/aromatic N) is 1. The molecule has 0 aliphatic heterocycles. The van der Waals surface area contributed by atoms with Crippen LogP contribution in [0.1, 0.15) is 38.2 Å². The topological polar surface area (TPSA) is 75.4 Å². The van der Waals surface area contributed by atoms with Gasteiger partial charge in [0.2, 0.25) is 0 Å². The fourth-order valence-corrected chi connectivity index (χ4v) is 2.92. The minimum absolute atomic E-state index is 0.171. The van der Waals surface area contributed by atoms with E-state index in [1.807, 2.05) is 6.07 Å². The summed E-state index contributed by atoms with van der Waals surface area (Å²) >= 11 is 0. The van der Waals surface area contributed by atoms with Gasteiger partial charge < -0.3 is 10.4 Å². The van der Waals surface area contributed by atoms with Gasteiger partial charge in [0.05, 0.1) is 10.5 Å². The Morgan fingerprint density at radius 2 is 2.05 bits per heavy atom. The van der Waals surface area contributed by atoms with Crippen molar-refractivity contribution in [2.24, 2.45) is 5.92 Å². The predicted molar refractivity (Wildman–Crippen MR) is 82.3 cm³/mol. The van der Waals surface area contributed by atoms with E-state index in [0.717, 1.165) is 31.2 Å². The van der Waals surface area contributed by atoms with Crippen LogP contribution in [-0.4, -0.2) is 28.7 Å². The average molecular weight is 292 g/mol. The highest BCUT2D eigenvalue weighted by atomic mass is 16.6. The summed E-state index contributed by atoms with van der Waals surface area (Å²) in [5.74, 6) is 0.706. The molecule has 0 heterocycles. The summed E-state index contributed by atoms with van der Waals surface area (Å²) in [4.78, 5) is 10.6. The molecule has 1 saturated carbocycles. The van der Waals surface area contributed by atoms with Crippen LogP contribution in [0.25, 0.3) is 0 Å². The molecule has 1 aromatic rings. The van der Waals surface area contributed by atoms with Crippen LogP contribution >= 0.6 is 0 Å². The molecule has 1 aliphatic rings. The van der Waals surface area contributed by atoms with Crippen LogP contribution in [0.4, 0.5) is 5.69 Å². The molecule has 21 heavy (non-hydrogen) atoms. The van der Waals surface area contributed by atoms with Crippen molar-refractivity contribution in [3.8, 4) is 0 Å². The Kier molecular flexibility index (Phi) is 5.31. The molecular formula is C16H24N2O3. The van der Waals surface area contributed by atoms with Crippen LogP contribution in [0.15, 0.2) is 24.3 Å². The Morgan fingerprint density at radius 3 is 2.71 bits per heavy atom. The lowest BCUT2D eigenvalue weighted by atomic mass is 9.79. The highest BCUT2D eigenvalue weighted by Crippen LogP contribution is 2.31. The van der Waals surface area contributed by atoms with Gasteiger partial charge in [-0.3, -0.25) is 10.1 Å². The summed E-state index contributed by atoms with van der Waals surface area (Å²) < 4.78 is 0. The molecule has 116 valence electrons. The van der Waals surface area contributed by atoms with Crippen molar-refractivity contribution in [1.82, 2.24) is 5.32 Å². The first-order valence-electron chi connectivity index (χ1n) is 7.65. The summed E-state index contributed by atoms with van der Waals surface area (Å²) in [5.41, 5.74) is 0.304. The Labute approximate surface area is 125 Å². The highest BCUT2D eigenvalue weighted by molar-refractivity contribution is 5.39. The fourth-order valence-electron chi connectivity index (χ4n) is 2.92. The molecule has 2 rings (SSSR count). The van der Waals surface area contributed by atoms with E-state index in [9.17, 15) is 15.2 Å². The number of rotatable bonds is 6. The van der Waals surface area contributed by atoms with Crippen molar-refractivity contribution in [3.63, 3.8) is 0 Å². The minimum Gasteiger partial charge on any atom is -0.389 e. The zero-order valence-electron chi connectivity index (χ0n) is 12.5. The van der Waals surface area contributed by atoms with Gasteiger partial charge in [0, 0.05) is 18.2 Å². The molecule has 5 nitrogen and oxygen atoms in total. The van der Waals surface area contributed by atoms with Crippen molar-refractivity contribution in [1.29, 1.82) is 0 Å². The molecular weight excluding hydrogens is 268 g/mol. The SMILES string of the molecule is CC1CCC(O)(CNCCc2ccccc2[N+](=O)[O-])CC1. The van der Waals surface area contributed by atoms with Crippen LogP contribution < -0.4 is 5.32 Å². The van der Waals surface area contributed by atoms with E-state index in [-0.39, 0.29) is 10.6 Å². The summed E-state index contributed by atoms with van der Waals surface area (Å²) in [5, 5.41) is 24.6. The lowest BCUT2D eigenvalue weighted by Crippen LogP contribution is -2.43. The minimum atomic E-state index is -0.602. The van der Waals surface area contributed by atoms with E-state index in [4.69, 9.17) is 0 Å². The molecule has 0 bridgehead atoms. The molecule has 0 unspecified atom stereocenters. The molecule has 0 atom stereocenters. The third kappa shape index (κ3) is 4.51. The van der Waals surface area contributed by atoms with Crippen molar-refractivity contribution in [2.75, 3.05) is 13.1 Å². The van der Waals surface area contributed by atoms with Crippen LogP contribution in [0.3, 0.4) is 0 Å². The molecule has 0 radical (unpaired) electrons. The number of hydrogen-bond acceptors (Lipinski definition) is 4. The summed E-state index contributed by atoms with van der Waals surface area (Å²) in [6, 6.07) is 6.82. The maximum absolute atomic E-state index is 10.9. The van der Waals surface area contributed by atoms with E-state index in [0.29, 0.717) is 25.4 Å². The second-order valence-electron chi connectivity index (χ2n) is 6.22. The van der Waals surface area contributed by atoms with Gasteiger partial charge >= 0.3 is 0 Å². The molecule has 0 saturated heterocycles. The lowest BCUT2D eigenvalue weighted by molar-refractivity contribution is -0.385. The van der Waals surface area contributed by atoms with E-state index in [1.165, 1.54) is 6.07 Å². The second-order valence-corrected chi connectivity index (χ2v) is 6.22. The normalized spacial score (nSPS) is 25.7. The summed E-state index contributed by atoms with van der Waals surface area (Å²) in [6.45, 7) is 3.44. The number of benzene rings is 1. The lowest BCUT2D eigenvalue weighted by Gasteiger charge is -2.35. The largest absolute Gasteiger partial charge is 0.389 e. The quantitative estimate of drug-likeness (QED) is 0.480. The van der Waals surface area contributed by atoms with Gasteiger partial charge in [-0.15, -0.1) is 0 Å². The Bertz CT molecular complexity index is 482. The summed E-state index contributed by atoms with van der Waals surface area (Å²) in [7, 11) is 0. The average Bonchev–Trinajstić information content (AvgIpc) is 2.47. The number of hydrogen-bond donors (Lipinski definition) is 2. The molecule has 2 N–H and O–H groups in total. The first-order valence-corrected chi connectivity index (χ1v) is 7.65. The van der Waals surface area contributed by atoms with Crippen molar-refractivity contribution in [3.05, 3.63) is 39.9 Å². The van der Waals surface area contributed by atoms with Crippen LogP contribution in [0, 0.1) is 16.0 Å². The van der Waals surface area contributed by atoms with E-state index in [2.05, 4.69) is 12.2 Å². The summed E-state index contributed by atoms with van der Waals surface area (Å²) in [6.07, 6.45) is 4.42. The van der Waals surface area contributed by atoms with Crippen LogP contribution in [0.2, 0.25) is 0 Å². The Balaban J connectivity index is 1.79. The van der Waals surface area contributed by atoms with Crippen LogP contribution in [-0.2, 0) is 6.42 Å². The van der Waals surface area contributed by atoms with Gasteiger partial charge in [-0.25, -0.2) is 0 Å². The van der Waals surface area contributed by atoms with E-state index in [1.54, 1.807) is 12.1 Å². The smallest absolute Gasteiger partial charge is 0.272 e. The predicted octanol–water partition coefficient (Wildman–Crippen LogP) is 2.67. The van der Waals surface area contributed by atoms with Gasteiger partial charge in [0.15, 0.2) is 0 Å². The third-order valence-electron chi connectivity index (χ3n) is 4.42. The first kappa shape index (κ1) is 15.9. The first-order chi connectivity index (χ1) is 10.0. The van der Waals surface area contributed by atoms with Crippen LogP contribution in [0.5, 0.6) is 0 Å².